The SMILES string of the molecule is Cc1cc(C2CC2)ccc1Oc1ccc(N)cc1. The molecule has 3 rings (SSSR count). The highest BCUT2D eigenvalue weighted by molar-refractivity contribution is 5.45. The summed E-state index contributed by atoms with van der Waals surface area (Å²) in [7, 11) is 0. The van der Waals surface area contributed by atoms with Crippen LogP contribution in [0.15, 0.2) is 42.5 Å². The zero-order valence-electron chi connectivity index (χ0n) is 10.5. The number of nitrogens with two attached hydrogens (primary N) is 1. The zero-order chi connectivity index (χ0) is 12.5. The van der Waals surface area contributed by atoms with Crippen molar-refractivity contribution in [2.75, 3.05) is 5.73 Å². The molecule has 0 radical (unpaired) electrons. The van der Waals surface area contributed by atoms with Crippen LogP contribution in [-0.4, -0.2) is 0 Å². The van der Waals surface area contributed by atoms with Gasteiger partial charge in [-0.1, -0.05) is 12.1 Å². The average molecular weight is 239 g/mol. The number of benzene rings is 2. The maximum Gasteiger partial charge on any atom is 0.130 e. The van der Waals surface area contributed by atoms with Crippen LogP contribution in [0.5, 0.6) is 11.5 Å². The van der Waals surface area contributed by atoms with Crippen molar-refractivity contribution >= 4 is 5.69 Å². The number of hydrogen-bond donors (Lipinski definition) is 1. The maximum atomic E-state index is 5.86. The molecular formula is C16H17NO. The molecular weight excluding hydrogens is 222 g/mol. The third-order valence-corrected chi connectivity index (χ3v) is 3.36. The van der Waals surface area contributed by atoms with Crippen LogP contribution in [0, 0.1) is 6.92 Å². The smallest absolute Gasteiger partial charge is 0.130 e. The molecule has 2 aromatic carbocycles. The Labute approximate surface area is 107 Å². The Morgan fingerprint density at radius 2 is 1.78 bits per heavy atom. The van der Waals surface area contributed by atoms with E-state index in [-0.39, 0.29) is 0 Å². The summed E-state index contributed by atoms with van der Waals surface area (Å²) in [6, 6.07) is 14.0. The van der Waals surface area contributed by atoms with Gasteiger partial charge < -0.3 is 10.5 Å². The fourth-order valence-electron chi connectivity index (χ4n) is 2.12. The molecule has 2 aromatic rings. The molecule has 0 atom stereocenters. The Bertz CT molecular complexity index is 556. The Balaban J connectivity index is 1.81. The summed E-state index contributed by atoms with van der Waals surface area (Å²) in [6.07, 6.45) is 2.66. The van der Waals surface area contributed by atoms with Gasteiger partial charge in [0.1, 0.15) is 11.5 Å². The second-order valence-electron chi connectivity index (χ2n) is 4.97. The first-order valence-corrected chi connectivity index (χ1v) is 6.36. The fourth-order valence-corrected chi connectivity index (χ4v) is 2.12. The summed E-state index contributed by atoms with van der Waals surface area (Å²) >= 11 is 0. The molecule has 0 aliphatic heterocycles. The zero-order valence-corrected chi connectivity index (χ0v) is 10.5. The molecule has 0 heterocycles. The molecule has 0 bridgehead atoms. The molecule has 1 saturated carbocycles. The van der Waals surface area contributed by atoms with Gasteiger partial charge in [0, 0.05) is 5.69 Å². The summed E-state index contributed by atoms with van der Waals surface area (Å²) in [5.41, 5.74) is 9.04. The molecule has 0 unspecified atom stereocenters. The molecule has 0 spiro atoms. The minimum atomic E-state index is 0.753. The van der Waals surface area contributed by atoms with E-state index >= 15 is 0 Å². The van der Waals surface area contributed by atoms with Gasteiger partial charge in [-0.2, -0.15) is 0 Å². The van der Waals surface area contributed by atoms with E-state index in [0.29, 0.717) is 0 Å². The van der Waals surface area contributed by atoms with E-state index in [1.165, 1.54) is 24.0 Å². The van der Waals surface area contributed by atoms with E-state index in [1.54, 1.807) is 0 Å². The summed E-state index contributed by atoms with van der Waals surface area (Å²) in [5, 5.41) is 0. The molecule has 92 valence electrons. The fraction of sp³-hybridized carbons (Fsp3) is 0.250. The first-order valence-electron chi connectivity index (χ1n) is 6.36. The van der Waals surface area contributed by atoms with Crippen molar-refractivity contribution in [1.82, 2.24) is 0 Å². The number of hydrogen-bond acceptors (Lipinski definition) is 2. The first-order chi connectivity index (χ1) is 8.72. The number of nitrogen functional groups attached to an aromatic ring is 1. The van der Waals surface area contributed by atoms with E-state index in [4.69, 9.17) is 10.5 Å². The highest BCUT2D eigenvalue weighted by atomic mass is 16.5. The standard InChI is InChI=1S/C16H17NO/c1-11-10-13(12-2-3-12)4-9-16(11)18-15-7-5-14(17)6-8-15/h4-10,12H,2-3,17H2,1H3. The second-order valence-corrected chi connectivity index (χ2v) is 4.97. The minimum absolute atomic E-state index is 0.753. The minimum Gasteiger partial charge on any atom is -0.457 e. The normalized spacial score (nSPS) is 14.5. The lowest BCUT2D eigenvalue weighted by Crippen LogP contribution is -1.90. The molecule has 0 saturated heterocycles. The lowest BCUT2D eigenvalue weighted by Gasteiger charge is -2.10. The first kappa shape index (κ1) is 11.1. The largest absolute Gasteiger partial charge is 0.457 e. The van der Waals surface area contributed by atoms with Crippen molar-refractivity contribution in [2.24, 2.45) is 0 Å². The predicted molar refractivity (Wildman–Crippen MR) is 74.1 cm³/mol. The summed E-state index contributed by atoms with van der Waals surface area (Å²) in [6.45, 7) is 2.10. The lowest BCUT2D eigenvalue weighted by molar-refractivity contribution is 0.479. The van der Waals surface area contributed by atoms with Crippen LogP contribution in [0.4, 0.5) is 5.69 Å². The topological polar surface area (TPSA) is 35.2 Å². The van der Waals surface area contributed by atoms with Gasteiger partial charge in [-0.3, -0.25) is 0 Å². The van der Waals surface area contributed by atoms with Crippen LogP contribution in [0.25, 0.3) is 0 Å². The van der Waals surface area contributed by atoms with Crippen LogP contribution in [0.3, 0.4) is 0 Å². The quantitative estimate of drug-likeness (QED) is 0.813. The van der Waals surface area contributed by atoms with Gasteiger partial charge in [-0.25, -0.2) is 0 Å². The third kappa shape index (κ3) is 2.33. The molecule has 2 nitrogen and oxygen atoms in total. The number of anilines is 1. The molecule has 1 fully saturated rings. The highest BCUT2D eigenvalue weighted by Crippen LogP contribution is 2.41. The van der Waals surface area contributed by atoms with Gasteiger partial charge in [-0.15, -0.1) is 0 Å². The van der Waals surface area contributed by atoms with Gasteiger partial charge in [0.25, 0.3) is 0 Å². The van der Waals surface area contributed by atoms with Crippen LogP contribution >= 0.6 is 0 Å². The molecule has 0 amide bonds. The maximum absolute atomic E-state index is 5.86. The summed E-state index contributed by atoms with van der Waals surface area (Å²) in [5.74, 6) is 2.53. The Kier molecular flexibility index (Phi) is 2.71. The number of ether oxygens (including phenoxy) is 1. The van der Waals surface area contributed by atoms with Gasteiger partial charge in [-0.05, 0) is 67.1 Å². The van der Waals surface area contributed by atoms with Crippen LogP contribution in [0.2, 0.25) is 0 Å². The Hall–Kier alpha value is -1.96. The van der Waals surface area contributed by atoms with Crippen LogP contribution in [0.1, 0.15) is 29.9 Å². The molecule has 0 aromatic heterocycles. The monoisotopic (exact) mass is 239 g/mol. The molecule has 1 aliphatic rings. The van der Waals surface area contributed by atoms with E-state index in [1.807, 2.05) is 24.3 Å². The second kappa shape index (κ2) is 4.37. The molecule has 1 aliphatic carbocycles. The Morgan fingerprint density at radius 1 is 1.06 bits per heavy atom. The van der Waals surface area contributed by atoms with Crippen molar-refractivity contribution in [2.45, 2.75) is 25.7 Å². The van der Waals surface area contributed by atoms with Crippen LogP contribution in [-0.2, 0) is 0 Å². The van der Waals surface area contributed by atoms with E-state index in [0.717, 1.165) is 23.1 Å². The predicted octanol–water partition coefficient (Wildman–Crippen LogP) is 4.25. The molecule has 2 N–H and O–H groups in total. The Morgan fingerprint density at radius 3 is 2.39 bits per heavy atom. The highest BCUT2D eigenvalue weighted by Gasteiger charge is 2.23. The van der Waals surface area contributed by atoms with Crippen LogP contribution < -0.4 is 10.5 Å². The lowest BCUT2D eigenvalue weighted by atomic mass is 10.1. The van der Waals surface area contributed by atoms with Crippen molar-refractivity contribution in [3.05, 3.63) is 53.6 Å². The van der Waals surface area contributed by atoms with Gasteiger partial charge in [0.15, 0.2) is 0 Å². The molecule has 2 heteroatoms. The number of aryl methyl sites for hydroxylation is 1. The average Bonchev–Trinajstić information content (AvgIpc) is 3.19. The van der Waals surface area contributed by atoms with Crippen molar-refractivity contribution in [1.29, 1.82) is 0 Å². The van der Waals surface area contributed by atoms with E-state index in [2.05, 4.69) is 25.1 Å². The third-order valence-electron chi connectivity index (χ3n) is 3.36. The van der Waals surface area contributed by atoms with Crippen molar-refractivity contribution in [3.8, 4) is 11.5 Å². The summed E-state index contributed by atoms with van der Waals surface area (Å²) < 4.78 is 5.86. The van der Waals surface area contributed by atoms with E-state index < -0.39 is 0 Å². The van der Waals surface area contributed by atoms with Gasteiger partial charge >= 0.3 is 0 Å². The van der Waals surface area contributed by atoms with Crippen molar-refractivity contribution < 1.29 is 4.74 Å². The van der Waals surface area contributed by atoms with Gasteiger partial charge in [0.05, 0.1) is 0 Å². The summed E-state index contributed by atoms with van der Waals surface area (Å²) in [4.78, 5) is 0. The van der Waals surface area contributed by atoms with Gasteiger partial charge in [0.2, 0.25) is 0 Å². The molecule has 18 heavy (non-hydrogen) atoms. The number of rotatable bonds is 3. The van der Waals surface area contributed by atoms with E-state index in [9.17, 15) is 0 Å². The van der Waals surface area contributed by atoms with Crippen molar-refractivity contribution in [3.63, 3.8) is 0 Å².